The van der Waals surface area contributed by atoms with Gasteiger partial charge >= 0.3 is 5.97 Å². The maximum atomic E-state index is 10.8. The van der Waals surface area contributed by atoms with Gasteiger partial charge in [-0.1, -0.05) is 79.6 Å². The lowest BCUT2D eigenvalue weighted by Crippen LogP contribution is -2.09. The lowest BCUT2D eigenvalue weighted by atomic mass is 9.88. The fourth-order valence-corrected chi connectivity index (χ4v) is 3.27. The second-order valence-electron chi connectivity index (χ2n) is 7.44. The van der Waals surface area contributed by atoms with E-state index in [0.717, 1.165) is 30.6 Å². The Morgan fingerprint density at radius 3 is 1.81 bits per heavy atom. The van der Waals surface area contributed by atoms with Crippen molar-refractivity contribution < 1.29 is 9.90 Å². The van der Waals surface area contributed by atoms with E-state index in [2.05, 4.69) is 27.7 Å². The maximum Gasteiger partial charge on any atom is 0.306 e. The molecule has 21 heavy (non-hydrogen) atoms. The van der Waals surface area contributed by atoms with Crippen molar-refractivity contribution in [2.24, 2.45) is 23.7 Å². The first-order valence-corrected chi connectivity index (χ1v) is 9.09. The van der Waals surface area contributed by atoms with Gasteiger partial charge in [-0.05, 0) is 30.6 Å². The standard InChI is InChI=1S/C19H38O2/c1-6-9-16(3)14-17(4)12-7-10-15(2)11-8-13-18(5)19(20)21/h15-18H,6-14H2,1-5H3,(H,20,21). The van der Waals surface area contributed by atoms with Gasteiger partial charge in [-0.15, -0.1) is 0 Å². The van der Waals surface area contributed by atoms with Crippen LogP contribution in [0.15, 0.2) is 0 Å². The van der Waals surface area contributed by atoms with Gasteiger partial charge in [0, 0.05) is 0 Å². The second-order valence-corrected chi connectivity index (χ2v) is 7.44. The van der Waals surface area contributed by atoms with Crippen LogP contribution in [0.3, 0.4) is 0 Å². The summed E-state index contributed by atoms with van der Waals surface area (Å²) in [5, 5.41) is 8.86. The van der Waals surface area contributed by atoms with Crippen LogP contribution in [0.5, 0.6) is 0 Å². The van der Waals surface area contributed by atoms with Gasteiger partial charge in [-0.3, -0.25) is 4.79 Å². The van der Waals surface area contributed by atoms with Crippen LogP contribution in [0, 0.1) is 23.7 Å². The predicted octanol–water partition coefficient (Wildman–Crippen LogP) is 6.15. The van der Waals surface area contributed by atoms with Crippen LogP contribution >= 0.6 is 0 Å². The molecule has 0 fully saturated rings. The van der Waals surface area contributed by atoms with Crippen molar-refractivity contribution in [3.05, 3.63) is 0 Å². The zero-order valence-corrected chi connectivity index (χ0v) is 15.0. The van der Waals surface area contributed by atoms with E-state index in [9.17, 15) is 4.79 Å². The van der Waals surface area contributed by atoms with Gasteiger partial charge in [0.15, 0.2) is 0 Å². The molecule has 126 valence electrons. The molecular weight excluding hydrogens is 260 g/mol. The summed E-state index contributed by atoms with van der Waals surface area (Å²) in [6, 6.07) is 0. The summed E-state index contributed by atoms with van der Waals surface area (Å²) in [4.78, 5) is 10.8. The van der Waals surface area contributed by atoms with Crippen molar-refractivity contribution in [3.63, 3.8) is 0 Å². The highest BCUT2D eigenvalue weighted by molar-refractivity contribution is 5.69. The van der Waals surface area contributed by atoms with Gasteiger partial charge < -0.3 is 5.11 Å². The van der Waals surface area contributed by atoms with E-state index in [1.165, 1.54) is 44.9 Å². The van der Waals surface area contributed by atoms with E-state index in [1.807, 2.05) is 6.92 Å². The number of carbonyl (C=O) groups is 1. The summed E-state index contributed by atoms with van der Waals surface area (Å²) in [6.07, 6.45) is 11.1. The summed E-state index contributed by atoms with van der Waals surface area (Å²) >= 11 is 0. The summed E-state index contributed by atoms with van der Waals surface area (Å²) in [5.41, 5.74) is 0. The molecule has 0 aromatic rings. The smallest absolute Gasteiger partial charge is 0.306 e. The minimum absolute atomic E-state index is 0.183. The minimum Gasteiger partial charge on any atom is -0.481 e. The Bertz CT molecular complexity index is 262. The van der Waals surface area contributed by atoms with E-state index >= 15 is 0 Å². The molecular formula is C19H38O2. The Morgan fingerprint density at radius 2 is 1.29 bits per heavy atom. The number of hydrogen-bond acceptors (Lipinski definition) is 1. The minimum atomic E-state index is -0.655. The van der Waals surface area contributed by atoms with Crippen LogP contribution < -0.4 is 0 Å². The second kappa shape index (κ2) is 12.1. The molecule has 0 aromatic carbocycles. The highest BCUT2D eigenvalue weighted by atomic mass is 16.4. The van der Waals surface area contributed by atoms with Gasteiger partial charge in [0.25, 0.3) is 0 Å². The molecule has 0 saturated heterocycles. The van der Waals surface area contributed by atoms with Crippen LogP contribution in [0.4, 0.5) is 0 Å². The van der Waals surface area contributed by atoms with Crippen molar-refractivity contribution in [1.29, 1.82) is 0 Å². The third kappa shape index (κ3) is 11.8. The molecule has 0 radical (unpaired) electrons. The van der Waals surface area contributed by atoms with Gasteiger partial charge in [0.2, 0.25) is 0 Å². The molecule has 0 saturated carbocycles. The lowest BCUT2D eigenvalue weighted by Gasteiger charge is -2.18. The molecule has 0 amide bonds. The van der Waals surface area contributed by atoms with Gasteiger partial charge in [-0.25, -0.2) is 0 Å². The van der Waals surface area contributed by atoms with Crippen LogP contribution in [0.1, 0.15) is 92.4 Å². The van der Waals surface area contributed by atoms with Gasteiger partial charge in [-0.2, -0.15) is 0 Å². The first-order valence-electron chi connectivity index (χ1n) is 9.09. The lowest BCUT2D eigenvalue weighted by molar-refractivity contribution is -0.141. The zero-order valence-electron chi connectivity index (χ0n) is 15.0. The first-order chi connectivity index (χ1) is 9.86. The highest BCUT2D eigenvalue weighted by Gasteiger charge is 2.12. The molecule has 1 N–H and O–H groups in total. The van der Waals surface area contributed by atoms with E-state index in [-0.39, 0.29) is 5.92 Å². The molecule has 0 bridgehead atoms. The van der Waals surface area contributed by atoms with Gasteiger partial charge in [0.1, 0.15) is 0 Å². The van der Waals surface area contributed by atoms with E-state index in [0.29, 0.717) is 0 Å². The molecule has 0 spiro atoms. The summed E-state index contributed by atoms with van der Waals surface area (Å²) < 4.78 is 0. The Balaban J connectivity index is 3.60. The fraction of sp³-hybridized carbons (Fsp3) is 0.947. The van der Waals surface area contributed by atoms with Crippen LogP contribution in [0.2, 0.25) is 0 Å². The topological polar surface area (TPSA) is 37.3 Å². The third-order valence-electron chi connectivity index (χ3n) is 4.74. The summed E-state index contributed by atoms with van der Waals surface area (Å²) in [5.74, 6) is 1.63. The number of carboxylic acids is 1. The Morgan fingerprint density at radius 1 is 0.810 bits per heavy atom. The van der Waals surface area contributed by atoms with Crippen LogP contribution in [-0.2, 0) is 4.79 Å². The average Bonchev–Trinajstić information content (AvgIpc) is 2.38. The molecule has 2 nitrogen and oxygen atoms in total. The molecule has 0 aliphatic carbocycles. The van der Waals surface area contributed by atoms with Crippen molar-refractivity contribution >= 4 is 5.97 Å². The zero-order chi connectivity index (χ0) is 16.3. The van der Waals surface area contributed by atoms with E-state index < -0.39 is 5.97 Å². The molecule has 0 heterocycles. The van der Waals surface area contributed by atoms with Crippen molar-refractivity contribution in [3.8, 4) is 0 Å². The van der Waals surface area contributed by atoms with Crippen LogP contribution in [0.25, 0.3) is 0 Å². The molecule has 2 heteroatoms. The molecule has 4 atom stereocenters. The van der Waals surface area contributed by atoms with Crippen molar-refractivity contribution in [2.45, 2.75) is 92.4 Å². The SMILES string of the molecule is CCCC(C)CC(C)CCCC(C)CCCC(C)C(=O)O. The largest absolute Gasteiger partial charge is 0.481 e. The van der Waals surface area contributed by atoms with Crippen molar-refractivity contribution in [2.75, 3.05) is 0 Å². The molecule has 0 rings (SSSR count). The maximum absolute atomic E-state index is 10.8. The Labute approximate surface area is 132 Å². The summed E-state index contributed by atoms with van der Waals surface area (Å²) in [6.45, 7) is 11.2. The number of carboxylic acid groups (broad SMARTS) is 1. The predicted molar refractivity (Wildman–Crippen MR) is 91.5 cm³/mol. The van der Waals surface area contributed by atoms with E-state index in [4.69, 9.17) is 5.11 Å². The fourth-order valence-electron chi connectivity index (χ4n) is 3.27. The van der Waals surface area contributed by atoms with Gasteiger partial charge in [0.05, 0.1) is 5.92 Å². The first kappa shape index (κ1) is 20.5. The number of rotatable bonds is 13. The Hall–Kier alpha value is -0.530. The third-order valence-corrected chi connectivity index (χ3v) is 4.74. The van der Waals surface area contributed by atoms with Crippen molar-refractivity contribution in [1.82, 2.24) is 0 Å². The molecule has 0 aliphatic heterocycles. The molecule has 4 unspecified atom stereocenters. The normalized spacial score (nSPS) is 17.2. The number of hydrogen-bond donors (Lipinski definition) is 1. The van der Waals surface area contributed by atoms with E-state index in [1.54, 1.807) is 0 Å². The summed E-state index contributed by atoms with van der Waals surface area (Å²) in [7, 11) is 0. The monoisotopic (exact) mass is 298 g/mol. The highest BCUT2D eigenvalue weighted by Crippen LogP contribution is 2.23. The Kier molecular flexibility index (Phi) is 11.8. The van der Waals surface area contributed by atoms with Crippen LogP contribution in [-0.4, -0.2) is 11.1 Å². The number of aliphatic carboxylic acids is 1. The average molecular weight is 299 g/mol. The molecule has 0 aromatic heterocycles. The molecule has 0 aliphatic rings. The quantitative estimate of drug-likeness (QED) is 0.443.